The Bertz CT molecular complexity index is 943. The molecule has 0 amide bonds. The third-order valence-electron chi connectivity index (χ3n) is 4.93. The van der Waals surface area contributed by atoms with Crippen molar-refractivity contribution in [3.63, 3.8) is 0 Å². The smallest absolute Gasteiger partial charge is 0.283 e. The largest absolute Gasteiger partial charge is 0.462 e. The van der Waals surface area contributed by atoms with Crippen molar-refractivity contribution in [3.8, 4) is 0 Å². The zero-order valence-corrected chi connectivity index (χ0v) is 14.3. The molecular weight excluding hydrogens is 363 g/mol. The molecule has 2 aromatic rings. The summed E-state index contributed by atoms with van der Waals surface area (Å²) in [6.45, 7) is 1.60. The summed E-state index contributed by atoms with van der Waals surface area (Å²) < 4.78 is 52.9. The second-order valence-corrected chi connectivity index (χ2v) is 6.74. The molecule has 2 N–H and O–H groups in total. The van der Waals surface area contributed by atoms with Gasteiger partial charge in [-0.25, -0.2) is 23.1 Å². The van der Waals surface area contributed by atoms with E-state index in [1.165, 1.54) is 18.4 Å². The van der Waals surface area contributed by atoms with E-state index in [-0.39, 0.29) is 29.5 Å². The lowest BCUT2D eigenvalue weighted by atomic mass is 9.83. The van der Waals surface area contributed by atoms with Gasteiger partial charge in [-0.1, -0.05) is 6.07 Å². The molecule has 142 valence electrons. The second-order valence-electron chi connectivity index (χ2n) is 6.74. The first kappa shape index (κ1) is 17.6. The Labute approximate surface area is 152 Å². The minimum atomic E-state index is -2.98. The number of ether oxygens (including phenoxy) is 1. The molecule has 0 saturated heterocycles. The van der Waals surface area contributed by atoms with Gasteiger partial charge in [0.15, 0.2) is 17.2 Å². The van der Waals surface area contributed by atoms with Crippen LogP contribution in [0.3, 0.4) is 0 Å². The van der Waals surface area contributed by atoms with E-state index >= 15 is 0 Å². The quantitative estimate of drug-likeness (QED) is 0.807. The number of ketones is 1. The number of benzene rings is 1. The number of aromatic nitrogens is 1. The lowest BCUT2D eigenvalue weighted by molar-refractivity contribution is 0.0176. The van der Waals surface area contributed by atoms with E-state index in [9.17, 15) is 18.0 Å². The van der Waals surface area contributed by atoms with Crippen molar-refractivity contribution >= 4 is 11.8 Å². The van der Waals surface area contributed by atoms with Crippen molar-refractivity contribution in [1.29, 1.82) is 0 Å². The summed E-state index contributed by atoms with van der Waals surface area (Å²) in [4.78, 5) is 20.1. The Morgan fingerprint density at radius 3 is 2.89 bits per heavy atom. The van der Waals surface area contributed by atoms with Gasteiger partial charge in [-0.05, 0) is 24.1 Å². The number of hydrogen-bond donors (Lipinski definition) is 1. The summed E-state index contributed by atoms with van der Waals surface area (Å²) in [5.74, 6) is -1.52. The molecular formula is C18H16F3N3O3. The zero-order chi connectivity index (χ0) is 19.3. The van der Waals surface area contributed by atoms with Crippen LogP contribution in [0.2, 0.25) is 0 Å². The summed E-state index contributed by atoms with van der Waals surface area (Å²) in [5.41, 5.74) is 3.65. The zero-order valence-electron chi connectivity index (χ0n) is 14.3. The molecule has 1 aromatic carbocycles. The standard InChI is InChI=1S/C18H16F3N3O3/c1-8-23-13(7-26-8)14(25)5-9-2-3-12(19)10(4-9)18(16(20)21)11-6-15(11)27-17(22)24-18/h2-4,7,11,15-16H,5-6H2,1H3,(H2,22,24)/t11-,15+,18+/m0/s1. The van der Waals surface area contributed by atoms with Crippen LogP contribution in [0.4, 0.5) is 13.2 Å². The number of nitrogens with two attached hydrogens (primary N) is 1. The number of fused-ring (bicyclic) bond motifs is 1. The van der Waals surface area contributed by atoms with E-state index in [0.29, 0.717) is 17.9 Å². The van der Waals surface area contributed by atoms with E-state index in [1.54, 1.807) is 6.92 Å². The SMILES string of the molecule is Cc1nc(C(=O)Cc2ccc(F)c([C@@]3(C(F)F)N=C(N)O[C@@H]4C[C@@H]43)c2)co1. The van der Waals surface area contributed by atoms with Crippen molar-refractivity contribution in [2.45, 2.75) is 37.8 Å². The van der Waals surface area contributed by atoms with Crippen molar-refractivity contribution < 1.29 is 27.1 Å². The second kappa shape index (κ2) is 6.11. The Kier molecular flexibility index (Phi) is 3.97. The van der Waals surface area contributed by atoms with Crippen LogP contribution in [0.25, 0.3) is 0 Å². The molecule has 1 fully saturated rings. The molecule has 2 aliphatic rings. The Balaban J connectivity index is 1.72. The van der Waals surface area contributed by atoms with Gasteiger partial charge in [-0.15, -0.1) is 0 Å². The third kappa shape index (κ3) is 2.87. The fourth-order valence-electron chi connectivity index (χ4n) is 3.56. The average Bonchev–Trinajstić information content (AvgIpc) is 3.26. The number of aryl methyl sites for hydroxylation is 1. The molecule has 27 heavy (non-hydrogen) atoms. The van der Waals surface area contributed by atoms with Crippen LogP contribution in [0.15, 0.2) is 33.9 Å². The fourth-order valence-corrected chi connectivity index (χ4v) is 3.56. The van der Waals surface area contributed by atoms with Crippen LogP contribution in [0.1, 0.15) is 33.9 Å². The maximum absolute atomic E-state index is 14.5. The molecule has 4 rings (SSSR count). The molecule has 0 bridgehead atoms. The molecule has 0 unspecified atom stereocenters. The minimum absolute atomic E-state index is 0.123. The number of aliphatic imine (C=N–C) groups is 1. The number of carbonyl (C=O) groups is 1. The highest BCUT2D eigenvalue weighted by Gasteiger charge is 2.64. The molecule has 0 spiro atoms. The molecule has 1 aliphatic carbocycles. The number of alkyl halides is 2. The molecule has 1 saturated carbocycles. The van der Waals surface area contributed by atoms with Gasteiger partial charge < -0.3 is 14.9 Å². The van der Waals surface area contributed by atoms with Crippen molar-refractivity contribution in [1.82, 2.24) is 4.98 Å². The summed E-state index contributed by atoms with van der Waals surface area (Å²) in [6, 6.07) is 3.31. The van der Waals surface area contributed by atoms with Crippen LogP contribution in [-0.4, -0.2) is 29.3 Å². The molecule has 0 radical (unpaired) electrons. The maximum Gasteiger partial charge on any atom is 0.283 e. The maximum atomic E-state index is 14.5. The average molecular weight is 379 g/mol. The van der Waals surface area contributed by atoms with E-state index in [4.69, 9.17) is 14.9 Å². The molecule has 1 aliphatic heterocycles. The van der Waals surface area contributed by atoms with Crippen LogP contribution in [0, 0.1) is 18.7 Å². The Morgan fingerprint density at radius 1 is 1.44 bits per heavy atom. The molecule has 9 heteroatoms. The highest BCUT2D eigenvalue weighted by Crippen LogP contribution is 2.56. The van der Waals surface area contributed by atoms with Gasteiger partial charge >= 0.3 is 0 Å². The summed E-state index contributed by atoms with van der Waals surface area (Å²) in [5, 5.41) is 0. The van der Waals surface area contributed by atoms with Crippen molar-refractivity contribution in [2.24, 2.45) is 16.6 Å². The van der Waals surface area contributed by atoms with Crippen LogP contribution >= 0.6 is 0 Å². The summed E-state index contributed by atoms with van der Waals surface area (Å²) in [7, 11) is 0. The van der Waals surface area contributed by atoms with Gasteiger partial charge in [0, 0.05) is 24.8 Å². The van der Waals surface area contributed by atoms with Crippen molar-refractivity contribution in [2.75, 3.05) is 0 Å². The van der Waals surface area contributed by atoms with Gasteiger partial charge in [-0.3, -0.25) is 4.79 Å². The van der Waals surface area contributed by atoms with Gasteiger partial charge in [-0.2, -0.15) is 0 Å². The molecule has 2 heterocycles. The topological polar surface area (TPSA) is 90.7 Å². The van der Waals surface area contributed by atoms with Crippen LogP contribution in [-0.2, 0) is 16.7 Å². The highest BCUT2D eigenvalue weighted by atomic mass is 19.3. The number of nitrogens with zero attached hydrogens (tertiary/aromatic N) is 2. The number of amidine groups is 1. The van der Waals surface area contributed by atoms with Gasteiger partial charge in [0.05, 0.1) is 0 Å². The normalized spacial score (nSPS) is 26.3. The number of halogens is 3. The first-order valence-electron chi connectivity index (χ1n) is 8.35. The third-order valence-corrected chi connectivity index (χ3v) is 4.93. The van der Waals surface area contributed by atoms with Gasteiger partial charge in [0.2, 0.25) is 0 Å². The summed E-state index contributed by atoms with van der Waals surface area (Å²) >= 11 is 0. The van der Waals surface area contributed by atoms with Crippen molar-refractivity contribution in [3.05, 3.63) is 53.0 Å². The number of hydrogen-bond acceptors (Lipinski definition) is 6. The minimum Gasteiger partial charge on any atom is -0.462 e. The first-order chi connectivity index (χ1) is 12.8. The van der Waals surface area contributed by atoms with Crippen LogP contribution in [0.5, 0.6) is 0 Å². The van der Waals surface area contributed by atoms with E-state index in [0.717, 1.165) is 6.07 Å². The predicted molar refractivity (Wildman–Crippen MR) is 88.0 cm³/mol. The van der Waals surface area contributed by atoms with Crippen LogP contribution < -0.4 is 5.73 Å². The molecule has 3 atom stereocenters. The highest BCUT2D eigenvalue weighted by molar-refractivity contribution is 5.95. The number of oxazole rings is 1. The lowest BCUT2D eigenvalue weighted by Gasteiger charge is -2.33. The van der Waals surface area contributed by atoms with Gasteiger partial charge in [0.25, 0.3) is 12.4 Å². The first-order valence-corrected chi connectivity index (χ1v) is 8.35. The Hall–Kier alpha value is -2.84. The lowest BCUT2D eigenvalue weighted by Crippen LogP contribution is -2.43. The number of Topliss-reactive ketones (excluding diaryl/α,β-unsaturated/α-hetero) is 1. The van der Waals surface area contributed by atoms with E-state index < -0.39 is 29.8 Å². The van der Waals surface area contributed by atoms with Gasteiger partial charge in [0.1, 0.15) is 23.9 Å². The van der Waals surface area contributed by atoms with E-state index in [2.05, 4.69) is 9.98 Å². The van der Waals surface area contributed by atoms with E-state index in [1.807, 2.05) is 0 Å². The number of rotatable bonds is 5. The fraction of sp³-hybridized carbons (Fsp3) is 0.389. The summed E-state index contributed by atoms with van der Waals surface area (Å²) in [6.07, 6.45) is -2.08. The molecule has 6 nitrogen and oxygen atoms in total. The predicted octanol–water partition coefficient (Wildman–Crippen LogP) is 2.74. The Morgan fingerprint density at radius 2 is 2.22 bits per heavy atom. The monoisotopic (exact) mass is 379 g/mol. The number of carbonyl (C=O) groups excluding carboxylic acids is 1. The molecule has 1 aromatic heterocycles.